The number of carbonyl (C=O) groups is 1. The number of aliphatic hydroxyl groups excluding tert-OH is 1. The number of para-hydroxylation sites is 1. The molecule has 0 aliphatic carbocycles. The molecule has 0 atom stereocenters. The van der Waals surface area contributed by atoms with Crippen LogP contribution in [0.4, 0.5) is 5.82 Å². The Morgan fingerprint density at radius 1 is 1.32 bits per heavy atom. The number of thiophene rings is 1. The number of rotatable bonds is 8. The predicted molar refractivity (Wildman–Crippen MR) is 111 cm³/mol. The topological polar surface area (TPSA) is 87.6 Å². The van der Waals surface area contributed by atoms with Gasteiger partial charge < -0.3 is 20.1 Å². The Bertz CT molecular complexity index is 973. The summed E-state index contributed by atoms with van der Waals surface area (Å²) in [4.78, 5) is 24.6. The number of aliphatic hydroxyl groups is 1. The number of anilines is 1. The smallest absolute Gasteiger partial charge is 0.264 e. The Hall–Kier alpha value is -2.71. The molecule has 2 heterocycles. The zero-order chi connectivity index (χ0) is 20.1. The van der Waals surface area contributed by atoms with E-state index >= 15 is 0 Å². The highest BCUT2D eigenvalue weighted by Crippen LogP contribution is 2.34. The van der Waals surface area contributed by atoms with Gasteiger partial charge in [-0.05, 0) is 25.5 Å². The third-order valence-corrected chi connectivity index (χ3v) is 5.79. The van der Waals surface area contributed by atoms with E-state index in [1.165, 1.54) is 17.7 Å². The molecule has 0 saturated carbocycles. The zero-order valence-electron chi connectivity index (χ0n) is 16.2. The van der Waals surface area contributed by atoms with Crippen LogP contribution in [0.15, 0.2) is 30.6 Å². The van der Waals surface area contributed by atoms with Crippen LogP contribution in [0.2, 0.25) is 0 Å². The molecule has 0 spiro atoms. The molecule has 3 aromatic rings. The third-order valence-electron chi connectivity index (χ3n) is 4.60. The Kier molecular flexibility index (Phi) is 6.43. The van der Waals surface area contributed by atoms with E-state index in [0.29, 0.717) is 30.3 Å². The number of nitrogens with zero attached hydrogens (tertiary/aromatic N) is 3. The van der Waals surface area contributed by atoms with Crippen molar-refractivity contribution in [1.82, 2.24) is 14.9 Å². The maximum atomic E-state index is 12.9. The van der Waals surface area contributed by atoms with Gasteiger partial charge in [0.1, 0.15) is 22.7 Å². The fourth-order valence-corrected chi connectivity index (χ4v) is 4.22. The summed E-state index contributed by atoms with van der Waals surface area (Å²) in [5.74, 6) is 1.41. The highest BCUT2D eigenvalue weighted by Gasteiger charge is 2.22. The summed E-state index contributed by atoms with van der Waals surface area (Å²) in [5.41, 5.74) is 1.87. The van der Waals surface area contributed by atoms with Gasteiger partial charge in [-0.25, -0.2) is 9.97 Å². The minimum absolute atomic E-state index is 0.0605. The number of amides is 1. The molecular weight excluding hydrogens is 376 g/mol. The summed E-state index contributed by atoms with van der Waals surface area (Å²) in [6.07, 6.45) is 1.50. The summed E-state index contributed by atoms with van der Waals surface area (Å²) in [6.45, 7) is 5.15. The molecule has 0 unspecified atom stereocenters. The van der Waals surface area contributed by atoms with Crippen LogP contribution in [0.25, 0.3) is 10.2 Å². The Morgan fingerprint density at radius 2 is 2.11 bits per heavy atom. The predicted octanol–water partition coefficient (Wildman–Crippen LogP) is 3.07. The minimum atomic E-state index is -0.0901. The minimum Gasteiger partial charge on any atom is -0.496 e. The lowest BCUT2D eigenvalue weighted by atomic mass is 10.1. The lowest BCUT2D eigenvalue weighted by Gasteiger charge is -2.19. The van der Waals surface area contributed by atoms with Crippen molar-refractivity contribution in [3.63, 3.8) is 0 Å². The standard InChI is InChI=1S/C20H24N4O3S/c1-4-24(9-10-25)20(26)17-13(2)16-18(22-12-23-19(16)28-17)21-11-14-7-5-6-8-15(14)27-3/h5-8,12,25H,4,9-11H2,1-3H3,(H,21,22,23). The first-order chi connectivity index (χ1) is 13.6. The van der Waals surface area contributed by atoms with E-state index in [2.05, 4.69) is 15.3 Å². The summed E-state index contributed by atoms with van der Waals surface area (Å²) >= 11 is 1.36. The molecular formula is C20H24N4O3S. The average Bonchev–Trinajstić information content (AvgIpc) is 3.07. The van der Waals surface area contributed by atoms with Gasteiger partial charge >= 0.3 is 0 Å². The molecule has 1 aromatic carbocycles. The highest BCUT2D eigenvalue weighted by molar-refractivity contribution is 7.20. The lowest BCUT2D eigenvalue weighted by Crippen LogP contribution is -2.33. The van der Waals surface area contributed by atoms with E-state index in [9.17, 15) is 9.90 Å². The second-order valence-electron chi connectivity index (χ2n) is 6.23. The number of hydrogen-bond acceptors (Lipinski definition) is 7. The first-order valence-electron chi connectivity index (χ1n) is 9.10. The third kappa shape index (κ3) is 3.93. The largest absolute Gasteiger partial charge is 0.496 e. The fraction of sp³-hybridized carbons (Fsp3) is 0.350. The molecule has 148 valence electrons. The van der Waals surface area contributed by atoms with Crippen LogP contribution in [-0.4, -0.2) is 52.7 Å². The van der Waals surface area contributed by atoms with E-state index in [0.717, 1.165) is 27.1 Å². The van der Waals surface area contributed by atoms with Gasteiger partial charge in [-0.3, -0.25) is 4.79 Å². The number of fused-ring (bicyclic) bond motifs is 1. The van der Waals surface area contributed by atoms with Crippen LogP contribution in [0.3, 0.4) is 0 Å². The number of aryl methyl sites for hydroxylation is 1. The second-order valence-corrected chi connectivity index (χ2v) is 7.23. The van der Waals surface area contributed by atoms with E-state index < -0.39 is 0 Å². The molecule has 2 N–H and O–H groups in total. The Morgan fingerprint density at radius 3 is 2.82 bits per heavy atom. The van der Waals surface area contributed by atoms with Crippen LogP contribution in [0.5, 0.6) is 5.75 Å². The Labute approximate surface area is 168 Å². The number of methoxy groups -OCH3 is 1. The first kappa shape index (κ1) is 20.0. The molecule has 0 radical (unpaired) electrons. The second kappa shape index (κ2) is 8.99. The van der Waals surface area contributed by atoms with Gasteiger partial charge in [0.2, 0.25) is 0 Å². The fourth-order valence-electron chi connectivity index (χ4n) is 3.11. The SMILES string of the molecule is CCN(CCO)C(=O)c1sc2ncnc(NCc3ccccc3OC)c2c1C. The van der Waals surface area contributed by atoms with Crippen molar-refractivity contribution in [3.05, 3.63) is 46.6 Å². The number of benzene rings is 1. The number of likely N-dealkylation sites (N-methyl/N-ethyl adjacent to an activating group) is 1. The molecule has 3 rings (SSSR count). The quantitative estimate of drug-likeness (QED) is 0.604. The zero-order valence-corrected chi connectivity index (χ0v) is 17.0. The van der Waals surface area contributed by atoms with Gasteiger partial charge in [-0.2, -0.15) is 0 Å². The van der Waals surface area contributed by atoms with Crippen molar-refractivity contribution in [1.29, 1.82) is 0 Å². The van der Waals surface area contributed by atoms with Crippen molar-refractivity contribution in [2.24, 2.45) is 0 Å². The molecule has 8 heteroatoms. The molecule has 0 saturated heterocycles. The number of aromatic nitrogens is 2. The summed E-state index contributed by atoms with van der Waals surface area (Å²) in [5, 5.41) is 13.4. The number of nitrogens with one attached hydrogen (secondary N) is 1. The number of ether oxygens (including phenoxy) is 1. The van der Waals surface area contributed by atoms with Crippen molar-refractivity contribution >= 4 is 33.3 Å². The van der Waals surface area contributed by atoms with E-state index in [1.807, 2.05) is 38.1 Å². The van der Waals surface area contributed by atoms with Crippen molar-refractivity contribution in [3.8, 4) is 5.75 Å². The van der Waals surface area contributed by atoms with Gasteiger partial charge in [0.25, 0.3) is 5.91 Å². The average molecular weight is 401 g/mol. The maximum absolute atomic E-state index is 12.9. The first-order valence-corrected chi connectivity index (χ1v) is 9.92. The van der Waals surface area contributed by atoms with Crippen LogP contribution in [-0.2, 0) is 6.54 Å². The van der Waals surface area contributed by atoms with E-state index in [1.54, 1.807) is 12.0 Å². The molecule has 28 heavy (non-hydrogen) atoms. The van der Waals surface area contributed by atoms with Crippen molar-refractivity contribution < 1.29 is 14.6 Å². The van der Waals surface area contributed by atoms with Gasteiger partial charge in [0.15, 0.2) is 0 Å². The molecule has 0 aliphatic heterocycles. The highest BCUT2D eigenvalue weighted by atomic mass is 32.1. The van der Waals surface area contributed by atoms with E-state index in [-0.39, 0.29) is 12.5 Å². The summed E-state index contributed by atoms with van der Waals surface area (Å²) in [6, 6.07) is 7.80. The molecule has 0 aliphatic rings. The summed E-state index contributed by atoms with van der Waals surface area (Å²) < 4.78 is 5.40. The van der Waals surface area contributed by atoms with Crippen molar-refractivity contribution in [2.75, 3.05) is 32.1 Å². The molecule has 7 nitrogen and oxygen atoms in total. The molecule has 2 aromatic heterocycles. The van der Waals surface area contributed by atoms with Crippen molar-refractivity contribution in [2.45, 2.75) is 20.4 Å². The Balaban J connectivity index is 1.92. The monoisotopic (exact) mass is 400 g/mol. The van der Waals surface area contributed by atoms with Crippen LogP contribution >= 0.6 is 11.3 Å². The van der Waals surface area contributed by atoms with Gasteiger partial charge in [0.05, 0.1) is 24.0 Å². The van der Waals surface area contributed by atoms with E-state index in [4.69, 9.17) is 4.74 Å². The number of hydrogen-bond donors (Lipinski definition) is 2. The van der Waals surface area contributed by atoms with Gasteiger partial charge in [0, 0.05) is 25.2 Å². The van der Waals surface area contributed by atoms with Gasteiger partial charge in [-0.1, -0.05) is 18.2 Å². The van der Waals surface area contributed by atoms with Gasteiger partial charge in [-0.15, -0.1) is 11.3 Å². The molecule has 0 bridgehead atoms. The van der Waals surface area contributed by atoms with Crippen LogP contribution in [0, 0.1) is 6.92 Å². The van der Waals surface area contributed by atoms with Crippen LogP contribution < -0.4 is 10.1 Å². The van der Waals surface area contributed by atoms with Crippen LogP contribution in [0.1, 0.15) is 27.7 Å². The lowest BCUT2D eigenvalue weighted by molar-refractivity contribution is 0.0736. The number of carbonyl (C=O) groups excluding carboxylic acids is 1. The molecule has 1 amide bonds. The maximum Gasteiger partial charge on any atom is 0.264 e. The molecule has 0 fully saturated rings. The normalized spacial score (nSPS) is 10.9. The summed E-state index contributed by atoms with van der Waals surface area (Å²) in [7, 11) is 1.65.